The fraction of sp³-hybridized carbons (Fsp3) is 0.625. The molecule has 0 fully saturated rings. The quantitative estimate of drug-likeness (QED) is 0.760. The van der Waals surface area contributed by atoms with Crippen LogP contribution in [0.5, 0.6) is 11.5 Å². The number of hydrogen-bond donors (Lipinski definition) is 2. The SMILES string of the molecule is CCC(C)(CCCc1ccc(O)c(OC)c1)[SH](C)(C)=O. The van der Waals surface area contributed by atoms with Crippen LogP contribution in [-0.2, 0) is 16.4 Å². The largest absolute Gasteiger partial charge is 0.504 e. The maximum absolute atomic E-state index is 12.4. The van der Waals surface area contributed by atoms with Crippen molar-refractivity contribution in [1.82, 2.24) is 0 Å². The van der Waals surface area contributed by atoms with Gasteiger partial charge in [-0.2, -0.15) is 0 Å². The minimum Gasteiger partial charge on any atom is -0.504 e. The van der Waals surface area contributed by atoms with E-state index in [1.807, 2.05) is 24.6 Å². The Hall–Kier alpha value is -1.03. The van der Waals surface area contributed by atoms with Crippen LogP contribution in [0, 0.1) is 0 Å². The van der Waals surface area contributed by atoms with Gasteiger partial charge in [0.1, 0.15) is 0 Å². The maximum atomic E-state index is 12.4. The fourth-order valence-electron chi connectivity index (χ4n) is 2.38. The van der Waals surface area contributed by atoms with Gasteiger partial charge in [-0.05, 0) is 62.8 Å². The van der Waals surface area contributed by atoms with E-state index in [2.05, 4.69) is 13.8 Å². The first-order valence-electron chi connectivity index (χ1n) is 7.14. The summed E-state index contributed by atoms with van der Waals surface area (Å²) >= 11 is 0. The summed E-state index contributed by atoms with van der Waals surface area (Å²) in [4.78, 5) is 0. The average molecular weight is 300 g/mol. The van der Waals surface area contributed by atoms with E-state index in [1.165, 1.54) is 0 Å². The first kappa shape index (κ1) is 17.0. The normalized spacial score (nSPS) is 15.7. The van der Waals surface area contributed by atoms with E-state index in [0.29, 0.717) is 5.75 Å². The van der Waals surface area contributed by atoms with E-state index < -0.39 is 9.93 Å². The van der Waals surface area contributed by atoms with Crippen LogP contribution in [0.2, 0.25) is 0 Å². The molecule has 4 heteroatoms. The van der Waals surface area contributed by atoms with Gasteiger partial charge in [0, 0.05) is 4.75 Å². The standard InChI is InChI=1S/C16H28O3S/c1-6-16(2,20(4,5)18)11-7-8-13-9-10-14(17)15(12-13)19-3/h9-10,12,17,20H,6-8,11H2,1-5H3. The molecule has 1 aromatic carbocycles. The first-order valence-corrected chi connectivity index (χ1v) is 9.74. The highest BCUT2D eigenvalue weighted by Crippen LogP contribution is 2.31. The van der Waals surface area contributed by atoms with Gasteiger partial charge in [0.15, 0.2) is 11.5 Å². The molecule has 0 radical (unpaired) electrons. The highest BCUT2D eigenvalue weighted by Gasteiger charge is 2.30. The number of hydrogen-bond acceptors (Lipinski definition) is 3. The lowest BCUT2D eigenvalue weighted by atomic mass is 9.98. The minimum atomic E-state index is -2.10. The third-order valence-electron chi connectivity index (χ3n) is 4.49. The van der Waals surface area contributed by atoms with E-state index in [9.17, 15) is 9.32 Å². The number of benzene rings is 1. The van der Waals surface area contributed by atoms with Crippen molar-refractivity contribution in [2.75, 3.05) is 19.6 Å². The van der Waals surface area contributed by atoms with Crippen molar-refractivity contribution in [2.45, 2.75) is 44.3 Å². The second kappa shape index (κ2) is 6.61. The van der Waals surface area contributed by atoms with Crippen LogP contribution in [0.3, 0.4) is 0 Å². The molecule has 1 rings (SSSR count). The molecule has 0 aliphatic heterocycles. The van der Waals surface area contributed by atoms with Crippen molar-refractivity contribution in [1.29, 1.82) is 0 Å². The molecule has 20 heavy (non-hydrogen) atoms. The molecule has 0 bridgehead atoms. The van der Waals surface area contributed by atoms with Crippen molar-refractivity contribution in [3.05, 3.63) is 23.8 Å². The highest BCUT2D eigenvalue weighted by molar-refractivity contribution is 8.03. The number of phenolic OH excluding ortho intramolecular Hbond substituents is 1. The lowest BCUT2D eigenvalue weighted by Crippen LogP contribution is -2.38. The highest BCUT2D eigenvalue weighted by atomic mass is 32.2. The van der Waals surface area contributed by atoms with Gasteiger partial charge in [-0.3, -0.25) is 4.21 Å². The number of methoxy groups -OCH3 is 1. The predicted octanol–water partition coefficient (Wildman–Crippen LogP) is 3.17. The lowest BCUT2D eigenvalue weighted by molar-refractivity contribution is 0.373. The molecular weight excluding hydrogens is 272 g/mol. The molecule has 1 unspecified atom stereocenters. The molecule has 0 aliphatic rings. The van der Waals surface area contributed by atoms with Gasteiger partial charge in [-0.1, -0.05) is 13.0 Å². The lowest BCUT2D eigenvalue weighted by Gasteiger charge is -2.36. The van der Waals surface area contributed by atoms with E-state index >= 15 is 0 Å². The minimum absolute atomic E-state index is 0.0754. The summed E-state index contributed by atoms with van der Waals surface area (Å²) < 4.78 is 17.4. The molecule has 3 nitrogen and oxygen atoms in total. The summed E-state index contributed by atoms with van der Waals surface area (Å²) in [6, 6.07) is 5.45. The van der Waals surface area contributed by atoms with Crippen LogP contribution < -0.4 is 4.74 Å². The average Bonchev–Trinajstić information content (AvgIpc) is 2.39. The second-order valence-electron chi connectivity index (χ2n) is 6.06. The summed E-state index contributed by atoms with van der Waals surface area (Å²) in [5.74, 6) is 0.679. The van der Waals surface area contributed by atoms with Gasteiger partial charge in [-0.25, -0.2) is 0 Å². The zero-order chi connectivity index (χ0) is 15.4. The third-order valence-corrected chi connectivity index (χ3v) is 7.63. The molecule has 0 spiro atoms. The summed E-state index contributed by atoms with van der Waals surface area (Å²) in [5, 5.41) is 9.57. The molecule has 1 N–H and O–H groups in total. The Morgan fingerprint density at radius 1 is 1.35 bits per heavy atom. The Kier molecular flexibility index (Phi) is 5.63. The number of ether oxygens (including phenoxy) is 1. The number of rotatable bonds is 7. The Labute approximate surface area is 123 Å². The smallest absolute Gasteiger partial charge is 0.160 e. The van der Waals surface area contributed by atoms with E-state index in [0.717, 1.165) is 31.2 Å². The molecule has 0 heterocycles. The van der Waals surface area contributed by atoms with Crippen molar-refractivity contribution in [2.24, 2.45) is 0 Å². The van der Waals surface area contributed by atoms with E-state index in [1.54, 1.807) is 13.2 Å². The van der Waals surface area contributed by atoms with Gasteiger partial charge < -0.3 is 9.84 Å². The fourth-order valence-corrected chi connectivity index (χ4v) is 3.84. The summed E-state index contributed by atoms with van der Waals surface area (Å²) in [5.41, 5.74) is 1.14. The Morgan fingerprint density at radius 2 is 2.00 bits per heavy atom. The molecule has 0 saturated heterocycles. The second-order valence-corrected chi connectivity index (χ2v) is 9.84. The number of thiol groups is 1. The summed E-state index contributed by atoms with van der Waals surface area (Å²) in [6.07, 6.45) is 7.57. The molecule has 116 valence electrons. The van der Waals surface area contributed by atoms with E-state index in [4.69, 9.17) is 4.74 Å². The monoisotopic (exact) mass is 300 g/mol. The van der Waals surface area contributed by atoms with Crippen LogP contribution in [0.1, 0.15) is 38.7 Å². The van der Waals surface area contributed by atoms with Crippen molar-refractivity contribution in [3.8, 4) is 11.5 Å². The zero-order valence-corrected chi connectivity index (χ0v) is 14.2. The van der Waals surface area contributed by atoms with Gasteiger partial charge in [0.25, 0.3) is 0 Å². The topological polar surface area (TPSA) is 46.5 Å². The molecule has 1 aromatic rings. The Bertz CT molecular complexity index is 492. The van der Waals surface area contributed by atoms with Crippen molar-refractivity contribution in [3.63, 3.8) is 0 Å². The van der Waals surface area contributed by atoms with Crippen molar-refractivity contribution < 1.29 is 14.1 Å². The molecular formula is C16H28O3S. The van der Waals surface area contributed by atoms with Crippen LogP contribution >= 0.6 is 0 Å². The molecule has 0 aliphatic carbocycles. The predicted molar refractivity (Wildman–Crippen MR) is 87.7 cm³/mol. The zero-order valence-electron chi connectivity index (χ0n) is 13.3. The van der Waals surface area contributed by atoms with Crippen LogP contribution in [0.15, 0.2) is 18.2 Å². The molecule has 0 aromatic heterocycles. The number of aromatic hydroxyl groups is 1. The Balaban J connectivity index is 2.67. The molecule has 0 saturated carbocycles. The van der Waals surface area contributed by atoms with Crippen LogP contribution in [0.25, 0.3) is 0 Å². The summed E-state index contributed by atoms with van der Waals surface area (Å²) in [7, 11) is -0.544. The van der Waals surface area contributed by atoms with E-state index in [-0.39, 0.29) is 10.5 Å². The van der Waals surface area contributed by atoms with Gasteiger partial charge in [-0.15, -0.1) is 9.93 Å². The maximum Gasteiger partial charge on any atom is 0.160 e. The van der Waals surface area contributed by atoms with Crippen molar-refractivity contribution >= 4 is 9.93 Å². The number of phenols is 1. The number of aryl methyl sites for hydroxylation is 1. The summed E-state index contributed by atoms with van der Waals surface area (Å²) in [6.45, 7) is 4.24. The van der Waals surface area contributed by atoms with Gasteiger partial charge >= 0.3 is 0 Å². The molecule has 0 amide bonds. The molecule has 1 atom stereocenters. The van der Waals surface area contributed by atoms with Gasteiger partial charge in [0.2, 0.25) is 0 Å². The van der Waals surface area contributed by atoms with Gasteiger partial charge in [0.05, 0.1) is 7.11 Å². The third kappa shape index (κ3) is 3.98. The first-order chi connectivity index (χ1) is 9.23. The Morgan fingerprint density at radius 3 is 2.50 bits per heavy atom. The van der Waals surface area contributed by atoms with Crippen LogP contribution in [0.4, 0.5) is 0 Å². The van der Waals surface area contributed by atoms with Crippen LogP contribution in [-0.4, -0.2) is 33.7 Å².